The molecule has 1 amide bonds. The number of halogens is 3. The molecule has 0 heterocycles. The molecule has 7 heteroatoms. The summed E-state index contributed by atoms with van der Waals surface area (Å²) in [5, 5.41) is 2.52. The van der Waals surface area contributed by atoms with Crippen molar-refractivity contribution in [2.45, 2.75) is 17.6 Å². The molecule has 1 N–H and O–H groups in total. The van der Waals surface area contributed by atoms with Gasteiger partial charge in [0.25, 0.3) is 0 Å². The van der Waals surface area contributed by atoms with E-state index in [1.165, 1.54) is 35.1 Å². The van der Waals surface area contributed by atoms with Gasteiger partial charge in [-0.05, 0) is 0 Å². The van der Waals surface area contributed by atoms with Gasteiger partial charge in [0.2, 0.25) is 0 Å². The molecule has 0 saturated carbocycles. The van der Waals surface area contributed by atoms with E-state index in [0.29, 0.717) is 10.5 Å². The van der Waals surface area contributed by atoms with Crippen LogP contribution in [-0.2, 0) is 12.7 Å². The zero-order chi connectivity index (χ0) is 16.3. The molecular formula is C15H13AsF3NOS. The molecule has 0 aliphatic heterocycles. The Morgan fingerprint density at radius 3 is 2.50 bits per heavy atom. The number of thiol groups is 1. The fraction of sp³-hybridized carbons (Fsp3) is 0.133. The maximum absolute atomic E-state index is 12.9. The van der Waals surface area contributed by atoms with Crippen molar-refractivity contribution in [3.63, 3.8) is 0 Å². The molecular weight excluding hydrogens is 374 g/mol. The van der Waals surface area contributed by atoms with E-state index >= 15 is 0 Å². The fourth-order valence-corrected chi connectivity index (χ4v) is 3.33. The van der Waals surface area contributed by atoms with Crippen LogP contribution in [0, 0.1) is 0 Å². The number of nitrogens with one attached hydrogen (secondary N) is 1. The van der Waals surface area contributed by atoms with Gasteiger partial charge in [0.15, 0.2) is 0 Å². The Morgan fingerprint density at radius 2 is 1.86 bits per heavy atom. The molecule has 1 atom stereocenters. The van der Waals surface area contributed by atoms with Gasteiger partial charge in [0, 0.05) is 0 Å². The van der Waals surface area contributed by atoms with E-state index < -0.39 is 17.6 Å². The molecule has 0 aliphatic rings. The number of alkyl halides is 3. The number of carbonyl (C=O) groups excluding carboxylic acids is 1. The van der Waals surface area contributed by atoms with E-state index in [0.717, 1.165) is 10.4 Å². The Kier molecular flexibility index (Phi) is 5.24. The van der Waals surface area contributed by atoms with Crippen LogP contribution in [-0.4, -0.2) is 22.8 Å². The summed E-state index contributed by atoms with van der Waals surface area (Å²) in [5.74, 6) is -0.424. The Morgan fingerprint density at radius 1 is 1.18 bits per heavy atom. The van der Waals surface area contributed by atoms with Gasteiger partial charge >= 0.3 is 140 Å². The summed E-state index contributed by atoms with van der Waals surface area (Å²) in [6, 6.07) is 10.3. The first kappa shape index (κ1) is 17.0. The van der Waals surface area contributed by atoms with Crippen LogP contribution < -0.4 is 9.67 Å². The van der Waals surface area contributed by atoms with Gasteiger partial charge < -0.3 is 0 Å². The number of hydrogen-bond donors (Lipinski definition) is 2. The summed E-state index contributed by atoms with van der Waals surface area (Å²) in [6.07, 6.45) is -4.44. The molecule has 0 fully saturated rings. The number of amides is 1. The Bertz CT molecular complexity index is 683. The Labute approximate surface area is 140 Å². The third-order valence-corrected chi connectivity index (χ3v) is 3.92. The minimum atomic E-state index is -4.44. The summed E-state index contributed by atoms with van der Waals surface area (Å²) < 4.78 is 39.6. The van der Waals surface area contributed by atoms with Crippen LogP contribution in [0.5, 0.6) is 0 Å². The summed E-state index contributed by atoms with van der Waals surface area (Å²) in [4.78, 5) is 12.7. The number of hydrogen-bond acceptors (Lipinski definition) is 2. The fourth-order valence-electron chi connectivity index (χ4n) is 1.99. The average molecular weight is 387 g/mol. The van der Waals surface area contributed by atoms with Crippen molar-refractivity contribution in [2.24, 2.45) is 0 Å². The third kappa shape index (κ3) is 4.31. The Balaban J connectivity index is 2.15. The minimum absolute atomic E-state index is 0.0336. The zero-order valence-electron chi connectivity index (χ0n) is 11.3. The van der Waals surface area contributed by atoms with Crippen molar-refractivity contribution in [3.8, 4) is 0 Å². The molecule has 0 bridgehead atoms. The van der Waals surface area contributed by atoms with Crippen molar-refractivity contribution >= 4 is 39.7 Å². The first-order valence-corrected chi connectivity index (χ1v) is 7.96. The third-order valence-electron chi connectivity index (χ3n) is 2.96. The van der Waals surface area contributed by atoms with Crippen LogP contribution in [0.1, 0.15) is 21.5 Å². The van der Waals surface area contributed by atoms with Crippen LogP contribution in [0.3, 0.4) is 0 Å². The Hall–Kier alpha value is -1.39. The van der Waals surface area contributed by atoms with Crippen molar-refractivity contribution in [1.82, 2.24) is 5.32 Å². The molecule has 0 aliphatic carbocycles. The van der Waals surface area contributed by atoms with E-state index in [2.05, 4.69) is 17.9 Å². The normalized spacial score (nSPS) is 11.3. The van der Waals surface area contributed by atoms with Crippen LogP contribution in [0.2, 0.25) is 0 Å². The first-order chi connectivity index (χ1) is 10.3. The molecule has 2 nitrogen and oxygen atoms in total. The summed E-state index contributed by atoms with van der Waals surface area (Å²) in [5.41, 5.74) is -0.319. The molecule has 0 saturated heterocycles. The maximum atomic E-state index is 12.9. The number of rotatable bonds is 3. The second-order valence-electron chi connectivity index (χ2n) is 4.65. The first-order valence-electron chi connectivity index (χ1n) is 6.30. The monoisotopic (exact) mass is 387 g/mol. The van der Waals surface area contributed by atoms with Crippen LogP contribution in [0.4, 0.5) is 13.2 Å². The van der Waals surface area contributed by atoms with Gasteiger partial charge in [-0.25, -0.2) is 0 Å². The molecule has 2 aromatic rings. The van der Waals surface area contributed by atoms with Gasteiger partial charge in [-0.15, -0.1) is 0 Å². The quantitative estimate of drug-likeness (QED) is 0.614. The van der Waals surface area contributed by atoms with Gasteiger partial charge in [0.05, 0.1) is 0 Å². The standard InChI is InChI=1S/C15H13AsF3NOS/c16-11-5-10(6-12(22)7-11)14(21)20-8-9-3-1-2-4-13(9)15(17,18)19/h1-7,22H,8,16H2,(H,20,21). The molecule has 1 unspecified atom stereocenters. The predicted molar refractivity (Wildman–Crippen MR) is 84.5 cm³/mol. The molecule has 22 heavy (non-hydrogen) atoms. The van der Waals surface area contributed by atoms with E-state index in [-0.39, 0.29) is 12.1 Å². The molecule has 0 radical (unpaired) electrons. The van der Waals surface area contributed by atoms with Crippen LogP contribution in [0.15, 0.2) is 47.4 Å². The van der Waals surface area contributed by atoms with Crippen molar-refractivity contribution in [2.75, 3.05) is 0 Å². The van der Waals surface area contributed by atoms with Gasteiger partial charge in [-0.2, -0.15) is 0 Å². The molecule has 116 valence electrons. The van der Waals surface area contributed by atoms with E-state index in [1.807, 2.05) is 6.07 Å². The van der Waals surface area contributed by atoms with E-state index in [9.17, 15) is 18.0 Å². The van der Waals surface area contributed by atoms with Crippen molar-refractivity contribution in [1.29, 1.82) is 0 Å². The molecule has 0 aromatic heterocycles. The SMILES string of the molecule is O=C(NCc1ccccc1C(F)(F)F)c1cc(S)cc([AsH2])c1. The van der Waals surface area contributed by atoms with Gasteiger partial charge in [-0.3, -0.25) is 0 Å². The second kappa shape index (κ2) is 6.80. The number of carbonyl (C=O) groups is 1. The van der Waals surface area contributed by atoms with E-state index in [1.54, 1.807) is 12.1 Å². The van der Waals surface area contributed by atoms with Gasteiger partial charge in [-0.1, -0.05) is 0 Å². The molecule has 2 aromatic carbocycles. The summed E-state index contributed by atoms with van der Waals surface area (Å²) in [7, 11) is 0. The second-order valence-corrected chi connectivity index (χ2v) is 6.57. The number of benzene rings is 2. The van der Waals surface area contributed by atoms with Crippen molar-refractivity contribution < 1.29 is 18.0 Å². The van der Waals surface area contributed by atoms with E-state index in [4.69, 9.17) is 0 Å². The van der Waals surface area contributed by atoms with Crippen LogP contribution >= 0.6 is 12.6 Å². The zero-order valence-corrected chi connectivity index (χ0v) is 14.6. The molecule has 2 rings (SSSR count). The summed E-state index contributed by atoms with van der Waals surface area (Å²) >= 11 is 5.53. The van der Waals surface area contributed by atoms with Crippen LogP contribution in [0.25, 0.3) is 0 Å². The average Bonchev–Trinajstić information content (AvgIpc) is 2.43. The molecule has 0 spiro atoms. The topological polar surface area (TPSA) is 29.1 Å². The van der Waals surface area contributed by atoms with Crippen molar-refractivity contribution in [3.05, 3.63) is 59.2 Å². The van der Waals surface area contributed by atoms with Gasteiger partial charge in [0.1, 0.15) is 0 Å². The predicted octanol–water partition coefficient (Wildman–Crippen LogP) is 2.18. The summed E-state index contributed by atoms with van der Waals surface area (Å²) in [6.45, 7) is -0.185.